The first-order valence-corrected chi connectivity index (χ1v) is 7.75. The maximum atomic E-state index is 4.43. The van der Waals surface area contributed by atoms with Gasteiger partial charge in [0.1, 0.15) is 0 Å². The lowest BCUT2D eigenvalue weighted by atomic mass is 9.97. The molecule has 1 aromatic heterocycles. The minimum atomic E-state index is 0.565. The Kier molecular flexibility index (Phi) is 3.89. The summed E-state index contributed by atoms with van der Waals surface area (Å²) < 4.78 is 2.45. The van der Waals surface area contributed by atoms with Gasteiger partial charge in [0, 0.05) is 12.2 Å². The van der Waals surface area contributed by atoms with Crippen molar-refractivity contribution in [2.24, 2.45) is 5.92 Å². The third-order valence-corrected chi connectivity index (χ3v) is 4.54. The first-order valence-electron chi connectivity index (χ1n) is 7.75. The molecule has 106 valence electrons. The predicted molar refractivity (Wildman–Crippen MR) is 77.1 cm³/mol. The zero-order chi connectivity index (χ0) is 13.2. The van der Waals surface area contributed by atoms with Gasteiger partial charge in [-0.1, -0.05) is 6.92 Å². The van der Waals surface area contributed by atoms with Gasteiger partial charge >= 0.3 is 0 Å². The molecule has 2 unspecified atom stereocenters. The van der Waals surface area contributed by atoms with Crippen molar-refractivity contribution in [3.63, 3.8) is 0 Å². The Morgan fingerprint density at radius 3 is 2.89 bits per heavy atom. The van der Waals surface area contributed by atoms with Crippen molar-refractivity contribution < 1.29 is 0 Å². The van der Waals surface area contributed by atoms with Crippen molar-refractivity contribution in [2.75, 3.05) is 26.7 Å². The maximum absolute atomic E-state index is 4.43. The van der Waals surface area contributed by atoms with Crippen molar-refractivity contribution in [1.29, 1.82) is 0 Å². The average molecular weight is 262 g/mol. The third-order valence-electron chi connectivity index (χ3n) is 4.54. The zero-order valence-corrected chi connectivity index (χ0v) is 12.2. The first-order chi connectivity index (χ1) is 9.35. The number of likely N-dealkylation sites (tertiary alicyclic amines) is 1. The number of nitrogens with zero attached hydrogens (tertiary/aromatic N) is 3. The van der Waals surface area contributed by atoms with Crippen molar-refractivity contribution in [3.05, 3.63) is 18.2 Å². The fourth-order valence-electron chi connectivity index (χ4n) is 3.57. The second-order valence-electron chi connectivity index (χ2n) is 6.04. The molecular weight excluding hydrogens is 236 g/mol. The average Bonchev–Trinajstić information content (AvgIpc) is 3.01. The van der Waals surface area contributed by atoms with Crippen LogP contribution in [0.2, 0.25) is 0 Å². The standard InChI is InChI=1S/C15H26N4/c1-3-7-18-8-6-12(9-16-2)15(18)14-10-17-11-19(14)13-4-5-13/h10-13,15-16H,3-9H2,1-2H3. The Labute approximate surface area is 116 Å². The highest BCUT2D eigenvalue weighted by Crippen LogP contribution is 2.42. The van der Waals surface area contributed by atoms with E-state index in [4.69, 9.17) is 0 Å². The summed E-state index contributed by atoms with van der Waals surface area (Å²) in [6, 6.07) is 1.30. The molecule has 1 N–H and O–H groups in total. The van der Waals surface area contributed by atoms with E-state index in [2.05, 4.69) is 39.9 Å². The number of hydrogen-bond donors (Lipinski definition) is 1. The lowest BCUT2D eigenvalue weighted by molar-refractivity contribution is 0.218. The number of nitrogens with one attached hydrogen (secondary N) is 1. The third kappa shape index (κ3) is 2.56. The van der Waals surface area contributed by atoms with Crippen LogP contribution >= 0.6 is 0 Å². The summed E-state index contributed by atoms with van der Waals surface area (Å²) in [5.41, 5.74) is 1.45. The van der Waals surface area contributed by atoms with Crippen LogP contribution in [0.1, 0.15) is 50.4 Å². The van der Waals surface area contributed by atoms with Gasteiger partial charge in [-0.05, 0) is 58.3 Å². The molecule has 3 rings (SSSR count). The molecule has 2 atom stereocenters. The van der Waals surface area contributed by atoms with Gasteiger partial charge in [0.2, 0.25) is 0 Å². The summed E-state index contributed by atoms with van der Waals surface area (Å²) in [6.07, 6.45) is 9.37. The normalized spacial score (nSPS) is 28.1. The van der Waals surface area contributed by atoms with Crippen molar-refractivity contribution >= 4 is 0 Å². The lowest BCUT2D eigenvalue weighted by Crippen LogP contribution is -2.31. The molecule has 19 heavy (non-hydrogen) atoms. The van der Waals surface area contributed by atoms with Gasteiger partial charge in [0.05, 0.1) is 18.1 Å². The molecule has 1 saturated heterocycles. The Morgan fingerprint density at radius 1 is 1.37 bits per heavy atom. The summed E-state index contributed by atoms with van der Waals surface area (Å²) in [6.45, 7) is 5.84. The number of aromatic nitrogens is 2. The molecule has 2 fully saturated rings. The van der Waals surface area contributed by atoms with E-state index in [0.717, 1.165) is 18.5 Å². The minimum Gasteiger partial charge on any atom is -0.330 e. The van der Waals surface area contributed by atoms with E-state index in [1.54, 1.807) is 0 Å². The molecular formula is C15H26N4. The van der Waals surface area contributed by atoms with E-state index in [0.29, 0.717) is 6.04 Å². The molecule has 1 aromatic rings. The smallest absolute Gasteiger partial charge is 0.0951 e. The van der Waals surface area contributed by atoms with E-state index in [1.165, 1.54) is 44.5 Å². The van der Waals surface area contributed by atoms with Gasteiger partial charge in [-0.3, -0.25) is 4.90 Å². The number of imidazole rings is 1. The van der Waals surface area contributed by atoms with Crippen LogP contribution in [0.15, 0.2) is 12.5 Å². The topological polar surface area (TPSA) is 33.1 Å². The molecule has 4 nitrogen and oxygen atoms in total. The van der Waals surface area contributed by atoms with Crippen molar-refractivity contribution in [1.82, 2.24) is 19.8 Å². The van der Waals surface area contributed by atoms with Crippen LogP contribution in [0, 0.1) is 5.92 Å². The summed E-state index contributed by atoms with van der Waals surface area (Å²) in [5, 5.41) is 3.37. The summed E-state index contributed by atoms with van der Waals surface area (Å²) in [5.74, 6) is 0.728. The molecule has 0 radical (unpaired) electrons. The highest BCUT2D eigenvalue weighted by atomic mass is 15.2. The summed E-state index contributed by atoms with van der Waals surface area (Å²) in [4.78, 5) is 7.10. The fraction of sp³-hybridized carbons (Fsp3) is 0.800. The van der Waals surface area contributed by atoms with Gasteiger partial charge in [0.25, 0.3) is 0 Å². The van der Waals surface area contributed by atoms with E-state index < -0.39 is 0 Å². The summed E-state index contributed by atoms with van der Waals surface area (Å²) >= 11 is 0. The Hall–Kier alpha value is -0.870. The van der Waals surface area contributed by atoms with Crippen molar-refractivity contribution in [2.45, 2.75) is 44.7 Å². The molecule has 1 aliphatic carbocycles. The lowest BCUT2D eigenvalue weighted by Gasteiger charge is -2.28. The van der Waals surface area contributed by atoms with E-state index in [-0.39, 0.29) is 0 Å². The van der Waals surface area contributed by atoms with Gasteiger partial charge in [-0.15, -0.1) is 0 Å². The number of hydrogen-bond acceptors (Lipinski definition) is 3. The molecule has 0 amide bonds. The predicted octanol–water partition coefficient (Wildman–Crippen LogP) is 2.21. The molecule has 0 bridgehead atoms. The quantitative estimate of drug-likeness (QED) is 0.853. The second-order valence-corrected chi connectivity index (χ2v) is 6.04. The molecule has 0 aromatic carbocycles. The van der Waals surface area contributed by atoms with Gasteiger partial charge in [-0.2, -0.15) is 0 Å². The molecule has 2 aliphatic rings. The Bertz CT molecular complexity index is 396. The first kappa shape index (κ1) is 13.1. The molecule has 1 aliphatic heterocycles. The van der Waals surface area contributed by atoms with Crippen LogP contribution in [-0.4, -0.2) is 41.1 Å². The molecule has 4 heteroatoms. The molecule has 2 heterocycles. The fourth-order valence-corrected chi connectivity index (χ4v) is 3.57. The SMILES string of the molecule is CCCN1CCC(CNC)C1c1cncn1C1CC1. The van der Waals surface area contributed by atoms with Crippen LogP contribution in [0.5, 0.6) is 0 Å². The van der Waals surface area contributed by atoms with Gasteiger partial charge in [-0.25, -0.2) is 4.98 Å². The van der Waals surface area contributed by atoms with Crippen LogP contribution in [0.4, 0.5) is 0 Å². The van der Waals surface area contributed by atoms with Crippen LogP contribution in [-0.2, 0) is 0 Å². The van der Waals surface area contributed by atoms with E-state index in [9.17, 15) is 0 Å². The van der Waals surface area contributed by atoms with Gasteiger partial charge in [0.15, 0.2) is 0 Å². The van der Waals surface area contributed by atoms with Crippen LogP contribution < -0.4 is 5.32 Å². The highest BCUT2D eigenvalue weighted by Gasteiger charge is 2.38. The summed E-state index contributed by atoms with van der Waals surface area (Å²) in [7, 11) is 2.07. The number of rotatable bonds is 6. The van der Waals surface area contributed by atoms with Crippen molar-refractivity contribution in [3.8, 4) is 0 Å². The van der Waals surface area contributed by atoms with Gasteiger partial charge < -0.3 is 9.88 Å². The molecule has 0 spiro atoms. The maximum Gasteiger partial charge on any atom is 0.0951 e. The zero-order valence-electron chi connectivity index (χ0n) is 12.2. The van der Waals surface area contributed by atoms with Crippen LogP contribution in [0.3, 0.4) is 0 Å². The van der Waals surface area contributed by atoms with E-state index >= 15 is 0 Å². The largest absolute Gasteiger partial charge is 0.330 e. The van der Waals surface area contributed by atoms with E-state index in [1.807, 2.05) is 6.33 Å². The second kappa shape index (κ2) is 5.63. The highest BCUT2D eigenvalue weighted by molar-refractivity contribution is 5.13. The Balaban J connectivity index is 1.85. The molecule has 1 saturated carbocycles. The monoisotopic (exact) mass is 262 g/mol. The Morgan fingerprint density at radius 2 is 2.21 bits per heavy atom. The minimum absolute atomic E-state index is 0.565. The van der Waals surface area contributed by atoms with Crippen LogP contribution in [0.25, 0.3) is 0 Å².